The lowest BCUT2D eigenvalue weighted by Crippen LogP contribution is -2.56. The summed E-state index contributed by atoms with van der Waals surface area (Å²) in [5.74, 6) is 1.78. The van der Waals surface area contributed by atoms with E-state index in [1.807, 2.05) is 30.0 Å². The van der Waals surface area contributed by atoms with Crippen LogP contribution in [-0.4, -0.2) is 53.1 Å². The summed E-state index contributed by atoms with van der Waals surface area (Å²) in [6.07, 6.45) is 3.55. The number of amides is 2. The molecule has 0 radical (unpaired) electrons. The number of anilines is 1. The molecule has 1 atom stereocenters. The molecule has 156 valence electrons. The SMILES string of the molecule is CCCCNC(=O)N1CCN(c2cc(Oc3cc(C)ccc3Cl)ncn2)C[C@H]1C. The van der Waals surface area contributed by atoms with Crippen LogP contribution in [0.3, 0.4) is 0 Å². The molecule has 1 saturated heterocycles. The van der Waals surface area contributed by atoms with Crippen LogP contribution in [0.1, 0.15) is 32.3 Å². The Morgan fingerprint density at radius 1 is 1.31 bits per heavy atom. The molecule has 1 aromatic heterocycles. The molecule has 0 unspecified atom stereocenters. The van der Waals surface area contributed by atoms with Crippen LogP contribution >= 0.6 is 11.6 Å². The van der Waals surface area contributed by atoms with Gasteiger partial charge in [-0.1, -0.05) is 31.0 Å². The fourth-order valence-corrected chi connectivity index (χ4v) is 3.46. The van der Waals surface area contributed by atoms with Gasteiger partial charge in [0.15, 0.2) is 0 Å². The second kappa shape index (κ2) is 9.78. The average molecular weight is 418 g/mol. The number of aromatic nitrogens is 2. The lowest BCUT2D eigenvalue weighted by Gasteiger charge is -2.40. The molecule has 1 aliphatic rings. The van der Waals surface area contributed by atoms with Gasteiger partial charge in [-0.2, -0.15) is 0 Å². The van der Waals surface area contributed by atoms with Crippen LogP contribution in [0.2, 0.25) is 5.02 Å². The van der Waals surface area contributed by atoms with Crippen LogP contribution in [-0.2, 0) is 0 Å². The Hall–Kier alpha value is -2.54. The van der Waals surface area contributed by atoms with E-state index in [1.54, 1.807) is 6.07 Å². The molecule has 0 bridgehead atoms. The zero-order valence-electron chi connectivity index (χ0n) is 17.2. The molecule has 7 nitrogen and oxygen atoms in total. The predicted octanol–water partition coefficient (Wildman–Crippen LogP) is 4.25. The fraction of sp³-hybridized carbons (Fsp3) is 0.476. The van der Waals surface area contributed by atoms with Crippen molar-refractivity contribution in [2.24, 2.45) is 0 Å². The Balaban J connectivity index is 1.64. The van der Waals surface area contributed by atoms with Crippen LogP contribution in [0.5, 0.6) is 11.6 Å². The third-order valence-corrected chi connectivity index (χ3v) is 5.26. The molecular weight excluding hydrogens is 390 g/mol. The number of carbonyl (C=O) groups is 1. The van der Waals surface area contributed by atoms with Crippen molar-refractivity contribution in [2.45, 2.75) is 39.7 Å². The summed E-state index contributed by atoms with van der Waals surface area (Å²) in [5, 5.41) is 3.53. The summed E-state index contributed by atoms with van der Waals surface area (Å²) in [5.41, 5.74) is 1.06. The minimum Gasteiger partial charge on any atom is -0.437 e. The molecule has 2 amide bonds. The molecule has 1 N–H and O–H groups in total. The summed E-state index contributed by atoms with van der Waals surface area (Å²) in [6, 6.07) is 7.51. The number of ether oxygens (including phenoxy) is 1. The summed E-state index contributed by atoms with van der Waals surface area (Å²) < 4.78 is 5.88. The third kappa shape index (κ3) is 5.50. The maximum Gasteiger partial charge on any atom is 0.317 e. The first-order valence-electron chi connectivity index (χ1n) is 10.0. The third-order valence-electron chi connectivity index (χ3n) is 4.95. The molecule has 29 heavy (non-hydrogen) atoms. The number of nitrogens with one attached hydrogen (secondary N) is 1. The van der Waals surface area contributed by atoms with E-state index in [-0.39, 0.29) is 12.1 Å². The molecule has 1 fully saturated rings. The summed E-state index contributed by atoms with van der Waals surface area (Å²) >= 11 is 6.22. The number of halogens is 1. The Morgan fingerprint density at radius 2 is 2.14 bits per heavy atom. The topological polar surface area (TPSA) is 70.6 Å². The zero-order valence-corrected chi connectivity index (χ0v) is 17.9. The first-order valence-corrected chi connectivity index (χ1v) is 10.4. The highest BCUT2D eigenvalue weighted by Crippen LogP contribution is 2.30. The van der Waals surface area contributed by atoms with E-state index < -0.39 is 0 Å². The summed E-state index contributed by atoms with van der Waals surface area (Å²) in [4.78, 5) is 25.0. The van der Waals surface area contributed by atoms with E-state index >= 15 is 0 Å². The highest BCUT2D eigenvalue weighted by molar-refractivity contribution is 6.32. The van der Waals surface area contributed by atoms with Gasteiger partial charge in [0.25, 0.3) is 0 Å². The Bertz CT molecular complexity index is 848. The second-order valence-corrected chi connectivity index (χ2v) is 7.73. The number of hydrogen-bond donors (Lipinski definition) is 1. The standard InChI is InChI=1S/C21H28ClN5O2/c1-4-5-8-23-21(28)27-10-9-26(13-16(27)3)19-12-20(25-14-24-19)29-18-11-15(2)6-7-17(18)22/h6-7,11-12,14,16H,4-5,8-10,13H2,1-3H3,(H,23,28)/t16-/m1/s1. The molecule has 8 heteroatoms. The van der Waals surface area contributed by atoms with Gasteiger partial charge in [-0.3, -0.25) is 0 Å². The van der Waals surface area contributed by atoms with Gasteiger partial charge in [0.1, 0.15) is 17.9 Å². The number of urea groups is 1. The van der Waals surface area contributed by atoms with Crippen molar-refractivity contribution < 1.29 is 9.53 Å². The second-order valence-electron chi connectivity index (χ2n) is 7.32. The summed E-state index contributed by atoms with van der Waals surface area (Å²) in [7, 11) is 0. The normalized spacial score (nSPS) is 16.6. The average Bonchev–Trinajstić information content (AvgIpc) is 2.71. The van der Waals surface area contributed by atoms with E-state index in [4.69, 9.17) is 16.3 Å². The molecule has 0 saturated carbocycles. The highest BCUT2D eigenvalue weighted by atomic mass is 35.5. The van der Waals surface area contributed by atoms with E-state index in [0.29, 0.717) is 36.3 Å². The number of rotatable bonds is 6. The quantitative estimate of drug-likeness (QED) is 0.711. The fourth-order valence-electron chi connectivity index (χ4n) is 3.30. The number of benzene rings is 1. The predicted molar refractivity (Wildman–Crippen MR) is 115 cm³/mol. The van der Waals surface area contributed by atoms with Crippen molar-refractivity contribution in [3.05, 3.63) is 41.2 Å². The number of piperazine rings is 1. The molecule has 3 rings (SSSR count). The minimum atomic E-state index is 0.00593. The van der Waals surface area contributed by atoms with Crippen molar-refractivity contribution in [1.29, 1.82) is 0 Å². The van der Waals surface area contributed by atoms with E-state index in [2.05, 4.69) is 34.0 Å². The molecule has 0 aliphatic carbocycles. The van der Waals surface area contributed by atoms with Gasteiger partial charge in [-0.15, -0.1) is 0 Å². The van der Waals surface area contributed by atoms with Crippen LogP contribution in [0.25, 0.3) is 0 Å². The van der Waals surface area contributed by atoms with Gasteiger partial charge in [0.2, 0.25) is 5.88 Å². The van der Waals surface area contributed by atoms with Gasteiger partial charge in [-0.05, 0) is 38.0 Å². The Morgan fingerprint density at radius 3 is 2.90 bits per heavy atom. The lowest BCUT2D eigenvalue weighted by molar-refractivity contribution is 0.171. The van der Waals surface area contributed by atoms with Crippen LogP contribution in [0.4, 0.5) is 10.6 Å². The highest BCUT2D eigenvalue weighted by Gasteiger charge is 2.28. The van der Waals surface area contributed by atoms with Gasteiger partial charge < -0.3 is 19.9 Å². The Labute approximate surface area is 177 Å². The van der Waals surface area contributed by atoms with Crippen molar-refractivity contribution in [1.82, 2.24) is 20.2 Å². The Kier molecular flexibility index (Phi) is 7.14. The van der Waals surface area contributed by atoms with E-state index in [1.165, 1.54) is 6.33 Å². The van der Waals surface area contributed by atoms with Crippen molar-refractivity contribution in [3.63, 3.8) is 0 Å². The first kappa shape index (κ1) is 21.2. The number of nitrogens with zero attached hydrogens (tertiary/aromatic N) is 4. The van der Waals surface area contributed by atoms with Crippen molar-refractivity contribution in [2.75, 3.05) is 31.1 Å². The monoisotopic (exact) mass is 417 g/mol. The number of aryl methyl sites for hydroxylation is 1. The van der Waals surface area contributed by atoms with Gasteiger partial charge >= 0.3 is 6.03 Å². The van der Waals surface area contributed by atoms with Crippen molar-refractivity contribution >= 4 is 23.4 Å². The molecule has 1 aromatic carbocycles. The minimum absolute atomic E-state index is 0.00593. The largest absolute Gasteiger partial charge is 0.437 e. The molecular formula is C21H28ClN5O2. The van der Waals surface area contributed by atoms with Gasteiger partial charge in [0.05, 0.1) is 5.02 Å². The number of hydrogen-bond acceptors (Lipinski definition) is 5. The van der Waals surface area contributed by atoms with Crippen LogP contribution < -0.4 is 15.0 Å². The molecule has 1 aliphatic heterocycles. The van der Waals surface area contributed by atoms with E-state index in [9.17, 15) is 4.79 Å². The molecule has 2 heterocycles. The smallest absolute Gasteiger partial charge is 0.317 e. The molecule has 0 spiro atoms. The zero-order chi connectivity index (χ0) is 20.8. The van der Waals surface area contributed by atoms with Gasteiger partial charge in [-0.25, -0.2) is 14.8 Å². The number of unbranched alkanes of at least 4 members (excludes halogenated alkanes) is 1. The van der Waals surface area contributed by atoms with Crippen LogP contribution in [0, 0.1) is 6.92 Å². The van der Waals surface area contributed by atoms with Crippen LogP contribution in [0.15, 0.2) is 30.6 Å². The maximum atomic E-state index is 12.4. The summed E-state index contributed by atoms with van der Waals surface area (Å²) in [6.45, 7) is 8.90. The van der Waals surface area contributed by atoms with Crippen molar-refractivity contribution in [3.8, 4) is 11.6 Å². The van der Waals surface area contributed by atoms with E-state index in [0.717, 1.165) is 30.8 Å². The first-order chi connectivity index (χ1) is 14.0. The van der Waals surface area contributed by atoms with Gasteiger partial charge in [0, 0.05) is 38.3 Å². The molecule has 2 aromatic rings. The lowest BCUT2D eigenvalue weighted by atomic mass is 10.2. The number of carbonyl (C=O) groups excluding carboxylic acids is 1. The maximum absolute atomic E-state index is 12.4.